The Morgan fingerprint density at radius 1 is 1.64 bits per heavy atom. The fraction of sp³-hybridized carbons (Fsp3) is 0.875. The molecule has 0 rings (SSSR count). The molecular formula is C8H16O3. The lowest BCUT2D eigenvalue weighted by molar-refractivity contribution is -0.143. The molecule has 0 aromatic heterocycles. The van der Waals surface area contributed by atoms with Crippen LogP contribution >= 0.6 is 0 Å². The molecule has 1 unspecified atom stereocenters. The molecule has 0 fully saturated rings. The molecule has 11 heavy (non-hydrogen) atoms. The number of hydrogen-bond acceptors (Lipinski definition) is 3. The standard InChI is InChI=1S/C8H16O3/c1-4-8(2,6-9)5-7(10)11-3/h9H,4-6H2,1-3H3. The number of rotatable bonds is 4. The molecular weight excluding hydrogens is 144 g/mol. The van der Waals surface area contributed by atoms with E-state index in [1.807, 2.05) is 13.8 Å². The Labute approximate surface area is 67.4 Å². The lowest BCUT2D eigenvalue weighted by Crippen LogP contribution is -2.24. The third kappa shape index (κ3) is 3.37. The van der Waals surface area contributed by atoms with Gasteiger partial charge in [0, 0.05) is 12.0 Å². The molecule has 0 aliphatic rings. The third-order valence-corrected chi connectivity index (χ3v) is 2.03. The van der Waals surface area contributed by atoms with Gasteiger partial charge in [-0.25, -0.2) is 0 Å². The van der Waals surface area contributed by atoms with Crippen LogP contribution in [0.4, 0.5) is 0 Å². The Hall–Kier alpha value is -0.570. The van der Waals surface area contributed by atoms with Crippen LogP contribution in [-0.4, -0.2) is 24.8 Å². The van der Waals surface area contributed by atoms with E-state index in [1.54, 1.807) is 0 Å². The van der Waals surface area contributed by atoms with Gasteiger partial charge in [-0.15, -0.1) is 0 Å². The molecule has 0 bridgehead atoms. The summed E-state index contributed by atoms with van der Waals surface area (Å²) in [6.07, 6.45) is 1.06. The second-order valence-corrected chi connectivity index (χ2v) is 3.08. The van der Waals surface area contributed by atoms with Crippen molar-refractivity contribution in [3.63, 3.8) is 0 Å². The third-order valence-electron chi connectivity index (χ3n) is 2.03. The summed E-state index contributed by atoms with van der Waals surface area (Å²) >= 11 is 0. The average molecular weight is 160 g/mol. The zero-order valence-electron chi connectivity index (χ0n) is 7.39. The monoisotopic (exact) mass is 160 g/mol. The summed E-state index contributed by atoms with van der Waals surface area (Å²) < 4.78 is 4.50. The molecule has 0 radical (unpaired) electrons. The van der Waals surface area contributed by atoms with E-state index in [-0.39, 0.29) is 24.4 Å². The summed E-state index contributed by atoms with van der Waals surface area (Å²) in [6, 6.07) is 0. The molecule has 1 atom stereocenters. The van der Waals surface area contributed by atoms with Gasteiger partial charge in [0.1, 0.15) is 0 Å². The lowest BCUT2D eigenvalue weighted by Gasteiger charge is -2.23. The van der Waals surface area contributed by atoms with Gasteiger partial charge in [0.15, 0.2) is 0 Å². The van der Waals surface area contributed by atoms with Crippen molar-refractivity contribution in [2.24, 2.45) is 5.41 Å². The minimum Gasteiger partial charge on any atom is -0.469 e. The minimum atomic E-state index is -0.312. The van der Waals surface area contributed by atoms with Crippen molar-refractivity contribution < 1.29 is 14.6 Å². The molecule has 0 aromatic rings. The Morgan fingerprint density at radius 2 is 2.18 bits per heavy atom. The second-order valence-electron chi connectivity index (χ2n) is 3.08. The van der Waals surface area contributed by atoms with Gasteiger partial charge in [0.25, 0.3) is 0 Å². The second kappa shape index (κ2) is 4.34. The fourth-order valence-corrected chi connectivity index (χ4v) is 0.713. The Kier molecular flexibility index (Phi) is 4.11. The van der Waals surface area contributed by atoms with Crippen LogP contribution in [0.15, 0.2) is 0 Å². The highest BCUT2D eigenvalue weighted by Gasteiger charge is 2.24. The van der Waals surface area contributed by atoms with Crippen molar-refractivity contribution in [1.82, 2.24) is 0 Å². The van der Waals surface area contributed by atoms with Gasteiger partial charge in [-0.1, -0.05) is 13.8 Å². The summed E-state index contributed by atoms with van der Waals surface area (Å²) in [5.74, 6) is -0.261. The van der Waals surface area contributed by atoms with Gasteiger partial charge in [0.2, 0.25) is 0 Å². The number of ether oxygens (including phenoxy) is 1. The maximum Gasteiger partial charge on any atom is 0.306 e. The van der Waals surface area contributed by atoms with E-state index in [2.05, 4.69) is 4.74 Å². The van der Waals surface area contributed by atoms with E-state index < -0.39 is 0 Å². The zero-order chi connectivity index (χ0) is 8.91. The molecule has 0 aliphatic heterocycles. The molecule has 0 saturated carbocycles. The number of hydrogen-bond donors (Lipinski definition) is 1. The van der Waals surface area contributed by atoms with Gasteiger partial charge < -0.3 is 9.84 Å². The van der Waals surface area contributed by atoms with Gasteiger partial charge >= 0.3 is 5.97 Å². The average Bonchev–Trinajstić information content (AvgIpc) is 2.04. The highest BCUT2D eigenvalue weighted by atomic mass is 16.5. The predicted octanol–water partition coefficient (Wildman–Crippen LogP) is 0.958. The molecule has 0 aromatic carbocycles. The normalized spacial score (nSPS) is 15.6. The van der Waals surface area contributed by atoms with Crippen LogP contribution in [0.3, 0.4) is 0 Å². The highest BCUT2D eigenvalue weighted by Crippen LogP contribution is 2.24. The van der Waals surface area contributed by atoms with Crippen molar-refractivity contribution >= 4 is 5.97 Å². The predicted molar refractivity (Wildman–Crippen MR) is 42.1 cm³/mol. The van der Waals surface area contributed by atoms with Crippen LogP contribution in [0.25, 0.3) is 0 Å². The maximum atomic E-state index is 10.8. The molecule has 1 N–H and O–H groups in total. The first kappa shape index (κ1) is 10.4. The van der Waals surface area contributed by atoms with E-state index in [9.17, 15) is 4.79 Å². The van der Waals surface area contributed by atoms with E-state index in [1.165, 1.54) is 7.11 Å². The molecule has 0 aliphatic carbocycles. The molecule has 3 heteroatoms. The topological polar surface area (TPSA) is 46.5 Å². The number of carbonyl (C=O) groups is 1. The van der Waals surface area contributed by atoms with Gasteiger partial charge in [-0.3, -0.25) is 4.79 Å². The zero-order valence-corrected chi connectivity index (χ0v) is 7.39. The van der Waals surface area contributed by atoms with Gasteiger partial charge in [-0.2, -0.15) is 0 Å². The lowest BCUT2D eigenvalue weighted by atomic mass is 9.85. The Morgan fingerprint density at radius 3 is 2.45 bits per heavy atom. The van der Waals surface area contributed by atoms with Gasteiger partial charge in [-0.05, 0) is 6.42 Å². The number of carbonyl (C=O) groups excluding carboxylic acids is 1. The van der Waals surface area contributed by atoms with Crippen LogP contribution in [0.1, 0.15) is 26.7 Å². The largest absolute Gasteiger partial charge is 0.469 e. The summed E-state index contributed by atoms with van der Waals surface area (Å²) in [7, 11) is 1.36. The first-order valence-electron chi connectivity index (χ1n) is 3.75. The smallest absolute Gasteiger partial charge is 0.306 e. The van der Waals surface area contributed by atoms with Crippen LogP contribution in [0, 0.1) is 5.41 Å². The Bertz CT molecular complexity index is 127. The molecule has 0 heterocycles. The number of aliphatic hydroxyl groups is 1. The van der Waals surface area contributed by atoms with Crippen molar-refractivity contribution in [3.8, 4) is 0 Å². The van der Waals surface area contributed by atoms with Crippen LogP contribution in [0.5, 0.6) is 0 Å². The molecule has 0 spiro atoms. The molecule has 66 valence electrons. The maximum absolute atomic E-state index is 10.8. The fourth-order valence-electron chi connectivity index (χ4n) is 0.713. The number of aliphatic hydroxyl groups excluding tert-OH is 1. The van der Waals surface area contributed by atoms with Crippen molar-refractivity contribution in [1.29, 1.82) is 0 Å². The Balaban J connectivity index is 3.96. The van der Waals surface area contributed by atoms with Crippen LogP contribution in [-0.2, 0) is 9.53 Å². The number of methoxy groups -OCH3 is 1. The van der Waals surface area contributed by atoms with Crippen LogP contribution in [0.2, 0.25) is 0 Å². The summed E-state index contributed by atoms with van der Waals surface area (Å²) in [5.41, 5.74) is -0.312. The van der Waals surface area contributed by atoms with Crippen molar-refractivity contribution in [2.45, 2.75) is 26.7 Å². The quantitative estimate of drug-likeness (QED) is 0.623. The van der Waals surface area contributed by atoms with Crippen molar-refractivity contribution in [2.75, 3.05) is 13.7 Å². The summed E-state index contributed by atoms with van der Waals surface area (Å²) in [4.78, 5) is 10.8. The number of esters is 1. The van der Waals surface area contributed by atoms with Crippen molar-refractivity contribution in [3.05, 3.63) is 0 Å². The van der Waals surface area contributed by atoms with E-state index in [4.69, 9.17) is 5.11 Å². The first-order valence-corrected chi connectivity index (χ1v) is 3.75. The summed E-state index contributed by atoms with van der Waals surface area (Å²) in [5, 5.41) is 8.92. The summed E-state index contributed by atoms with van der Waals surface area (Å²) in [6.45, 7) is 3.84. The first-order chi connectivity index (χ1) is 5.08. The molecule has 3 nitrogen and oxygen atoms in total. The van der Waals surface area contributed by atoms with E-state index in [0.29, 0.717) is 0 Å². The molecule has 0 amide bonds. The van der Waals surface area contributed by atoms with Crippen LogP contribution < -0.4 is 0 Å². The van der Waals surface area contributed by atoms with E-state index >= 15 is 0 Å². The minimum absolute atomic E-state index is 0.0264. The highest BCUT2D eigenvalue weighted by molar-refractivity contribution is 5.70. The van der Waals surface area contributed by atoms with Gasteiger partial charge in [0.05, 0.1) is 13.5 Å². The molecule has 0 saturated heterocycles. The van der Waals surface area contributed by atoms with E-state index in [0.717, 1.165) is 6.42 Å². The SMILES string of the molecule is CCC(C)(CO)CC(=O)OC.